The maximum absolute atomic E-state index is 12.0. The second-order valence-corrected chi connectivity index (χ2v) is 6.13. The summed E-state index contributed by atoms with van der Waals surface area (Å²) in [5, 5.41) is 4.00. The first-order valence-corrected chi connectivity index (χ1v) is 8.81. The highest BCUT2D eigenvalue weighted by molar-refractivity contribution is 9.10. The Morgan fingerprint density at radius 2 is 1.85 bits per heavy atom. The van der Waals surface area contributed by atoms with E-state index in [9.17, 15) is 4.79 Å². The summed E-state index contributed by atoms with van der Waals surface area (Å²) in [5.74, 6) is 1.82. The lowest BCUT2D eigenvalue weighted by Crippen LogP contribution is -2.19. The van der Waals surface area contributed by atoms with Gasteiger partial charge in [0, 0.05) is 11.6 Å². The molecule has 6 nitrogen and oxygen atoms in total. The lowest BCUT2D eigenvalue weighted by Gasteiger charge is -2.09. The third-order valence-corrected chi connectivity index (χ3v) is 4.12. The Kier molecular flexibility index (Phi) is 7.47. The van der Waals surface area contributed by atoms with Crippen molar-refractivity contribution in [3.63, 3.8) is 0 Å². The highest BCUT2D eigenvalue weighted by Crippen LogP contribution is 2.31. The minimum Gasteiger partial charge on any atom is -0.496 e. The minimum absolute atomic E-state index is 0.211. The van der Waals surface area contributed by atoms with E-state index in [1.165, 1.54) is 6.21 Å². The molecule has 0 radical (unpaired) electrons. The van der Waals surface area contributed by atoms with Crippen LogP contribution in [0.4, 0.5) is 0 Å². The Balaban J connectivity index is 1.97. The number of amides is 1. The van der Waals surface area contributed by atoms with Gasteiger partial charge in [-0.1, -0.05) is 12.1 Å². The monoisotopic (exact) mass is 420 g/mol. The van der Waals surface area contributed by atoms with E-state index in [1.807, 2.05) is 31.2 Å². The molecule has 2 aromatic carbocycles. The number of methoxy groups -OCH3 is 2. The van der Waals surface area contributed by atoms with E-state index in [2.05, 4.69) is 26.5 Å². The SMILES string of the molecule is CCOc1ccc(CC(=O)N/N=C/c2cc(Br)c(OC)cc2OC)cc1. The van der Waals surface area contributed by atoms with Crippen LogP contribution in [0.2, 0.25) is 0 Å². The molecule has 0 saturated heterocycles. The van der Waals surface area contributed by atoms with Crippen molar-refractivity contribution in [2.75, 3.05) is 20.8 Å². The van der Waals surface area contributed by atoms with Gasteiger partial charge in [0.15, 0.2) is 0 Å². The molecule has 0 unspecified atom stereocenters. The molecule has 0 aliphatic carbocycles. The molecule has 0 heterocycles. The number of rotatable bonds is 8. The van der Waals surface area contributed by atoms with Gasteiger partial charge in [-0.15, -0.1) is 0 Å². The molecule has 0 spiro atoms. The number of benzene rings is 2. The largest absolute Gasteiger partial charge is 0.496 e. The number of carbonyl (C=O) groups excluding carboxylic acids is 1. The average Bonchev–Trinajstić information content (AvgIpc) is 2.64. The first-order chi connectivity index (χ1) is 12.6. The number of carbonyl (C=O) groups is 1. The lowest BCUT2D eigenvalue weighted by molar-refractivity contribution is -0.120. The van der Waals surface area contributed by atoms with Crippen molar-refractivity contribution in [3.05, 3.63) is 52.0 Å². The van der Waals surface area contributed by atoms with Crippen LogP contribution in [0.25, 0.3) is 0 Å². The highest BCUT2D eigenvalue weighted by atomic mass is 79.9. The van der Waals surface area contributed by atoms with Crippen LogP contribution in [0, 0.1) is 0 Å². The molecule has 0 atom stereocenters. The van der Waals surface area contributed by atoms with Crippen LogP contribution in [0.3, 0.4) is 0 Å². The van der Waals surface area contributed by atoms with Gasteiger partial charge in [0.1, 0.15) is 17.2 Å². The summed E-state index contributed by atoms with van der Waals surface area (Å²) in [6.07, 6.45) is 1.76. The molecule has 0 aliphatic heterocycles. The first kappa shape index (κ1) is 19.8. The van der Waals surface area contributed by atoms with Crippen molar-refractivity contribution in [1.82, 2.24) is 5.43 Å². The summed E-state index contributed by atoms with van der Waals surface area (Å²) in [6, 6.07) is 11.0. The van der Waals surface area contributed by atoms with Gasteiger partial charge in [0.05, 0.1) is 37.9 Å². The van der Waals surface area contributed by atoms with Gasteiger partial charge in [-0.25, -0.2) is 5.43 Å². The molecule has 7 heteroatoms. The van der Waals surface area contributed by atoms with E-state index in [-0.39, 0.29) is 12.3 Å². The summed E-state index contributed by atoms with van der Waals surface area (Å²) in [6.45, 7) is 2.54. The summed E-state index contributed by atoms with van der Waals surface area (Å²) < 4.78 is 16.7. The molecular weight excluding hydrogens is 400 g/mol. The quantitative estimate of drug-likeness (QED) is 0.523. The van der Waals surface area contributed by atoms with Crippen molar-refractivity contribution in [2.24, 2.45) is 5.10 Å². The van der Waals surface area contributed by atoms with Crippen molar-refractivity contribution in [3.8, 4) is 17.2 Å². The molecule has 1 N–H and O–H groups in total. The number of hydrazone groups is 1. The smallest absolute Gasteiger partial charge is 0.244 e. The molecule has 0 bridgehead atoms. The minimum atomic E-state index is -0.211. The molecular formula is C19H21BrN2O4. The zero-order valence-electron chi connectivity index (χ0n) is 14.9. The third-order valence-electron chi connectivity index (χ3n) is 3.50. The molecule has 0 aliphatic rings. The zero-order valence-corrected chi connectivity index (χ0v) is 16.5. The van der Waals surface area contributed by atoms with Crippen LogP contribution in [-0.2, 0) is 11.2 Å². The molecule has 0 aromatic heterocycles. The van der Waals surface area contributed by atoms with Crippen molar-refractivity contribution < 1.29 is 19.0 Å². The van der Waals surface area contributed by atoms with Crippen LogP contribution in [0.15, 0.2) is 46.0 Å². The molecule has 138 valence electrons. The predicted molar refractivity (Wildman–Crippen MR) is 104 cm³/mol. The van der Waals surface area contributed by atoms with E-state index in [0.717, 1.165) is 15.8 Å². The summed E-state index contributed by atoms with van der Waals surface area (Å²) in [5.41, 5.74) is 4.11. The van der Waals surface area contributed by atoms with Gasteiger partial charge in [0.25, 0.3) is 0 Å². The standard InChI is InChI=1S/C19H21BrN2O4/c1-4-26-15-7-5-13(6-8-15)9-19(23)22-21-12-14-10-16(20)18(25-3)11-17(14)24-2/h5-8,10-12H,4,9H2,1-3H3,(H,22,23)/b21-12+. The number of halogens is 1. The first-order valence-electron chi connectivity index (χ1n) is 8.02. The molecule has 0 fully saturated rings. The van der Waals surface area contributed by atoms with Crippen molar-refractivity contribution in [2.45, 2.75) is 13.3 Å². The zero-order chi connectivity index (χ0) is 18.9. The number of nitrogens with one attached hydrogen (secondary N) is 1. The summed E-state index contributed by atoms with van der Waals surface area (Å²) in [7, 11) is 3.14. The van der Waals surface area contributed by atoms with Crippen LogP contribution < -0.4 is 19.6 Å². The highest BCUT2D eigenvalue weighted by Gasteiger charge is 2.08. The van der Waals surface area contributed by atoms with Crippen LogP contribution >= 0.6 is 15.9 Å². The lowest BCUT2D eigenvalue weighted by atomic mass is 10.1. The van der Waals surface area contributed by atoms with E-state index >= 15 is 0 Å². The Morgan fingerprint density at radius 3 is 2.46 bits per heavy atom. The topological polar surface area (TPSA) is 69.2 Å². The second kappa shape index (κ2) is 9.82. The van der Waals surface area contributed by atoms with E-state index in [1.54, 1.807) is 26.4 Å². The molecule has 1 amide bonds. The van der Waals surface area contributed by atoms with Crippen LogP contribution in [0.5, 0.6) is 17.2 Å². The second-order valence-electron chi connectivity index (χ2n) is 5.28. The molecule has 2 aromatic rings. The Morgan fingerprint density at radius 1 is 1.15 bits per heavy atom. The third kappa shape index (κ3) is 5.49. The van der Waals surface area contributed by atoms with Gasteiger partial charge < -0.3 is 14.2 Å². The Hall–Kier alpha value is -2.54. The van der Waals surface area contributed by atoms with Gasteiger partial charge in [-0.2, -0.15) is 5.10 Å². The molecule has 26 heavy (non-hydrogen) atoms. The number of hydrogen-bond donors (Lipinski definition) is 1. The Labute approximate surface area is 161 Å². The summed E-state index contributed by atoms with van der Waals surface area (Å²) >= 11 is 3.41. The van der Waals surface area contributed by atoms with Crippen LogP contribution in [0.1, 0.15) is 18.1 Å². The van der Waals surface area contributed by atoms with Gasteiger partial charge in [0.2, 0.25) is 5.91 Å². The van der Waals surface area contributed by atoms with Crippen molar-refractivity contribution in [1.29, 1.82) is 0 Å². The normalized spacial score (nSPS) is 10.6. The fraction of sp³-hybridized carbons (Fsp3) is 0.263. The Bertz CT molecular complexity index is 776. The van der Waals surface area contributed by atoms with E-state index in [0.29, 0.717) is 23.7 Å². The maximum Gasteiger partial charge on any atom is 0.244 e. The van der Waals surface area contributed by atoms with E-state index in [4.69, 9.17) is 14.2 Å². The fourth-order valence-corrected chi connectivity index (χ4v) is 2.78. The number of nitrogens with zero attached hydrogens (tertiary/aromatic N) is 1. The van der Waals surface area contributed by atoms with Crippen molar-refractivity contribution >= 4 is 28.1 Å². The number of hydrogen-bond acceptors (Lipinski definition) is 5. The molecule has 0 saturated carbocycles. The fourth-order valence-electron chi connectivity index (χ4n) is 2.25. The van der Waals surface area contributed by atoms with Gasteiger partial charge in [-0.3, -0.25) is 4.79 Å². The van der Waals surface area contributed by atoms with Crippen LogP contribution in [-0.4, -0.2) is 32.9 Å². The van der Waals surface area contributed by atoms with E-state index < -0.39 is 0 Å². The average molecular weight is 421 g/mol. The van der Waals surface area contributed by atoms with Gasteiger partial charge in [-0.05, 0) is 46.6 Å². The molecule has 2 rings (SSSR count). The predicted octanol–water partition coefficient (Wildman–Crippen LogP) is 3.56. The summed E-state index contributed by atoms with van der Waals surface area (Å²) in [4.78, 5) is 12.0. The maximum atomic E-state index is 12.0. The van der Waals surface area contributed by atoms with Gasteiger partial charge >= 0.3 is 0 Å². The number of ether oxygens (including phenoxy) is 3.